The molecule has 0 spiro atoms. The van der Waals surface area contributed by atoms with E-state index >= 15 is 0 Å². The number of amides is 1. The molecule has 212 valence electrons. The Bertz CT molecular complexity index is 1510. The smallest absolute Gasteiger partial charge is 0.245 e. The van der Waals surface area contributed by atoms with E-state index in [2.05, 4.69) is 10.2 Å². The molecule has 0 unspecified atom stereocenters. The van der Waals surface area contributed by atoms with Gasteiger partial charge in [-0.15, -0.1) is 23.2 Å². The van der Waals surface area contributed by atoms with Crippen LogP contribution in [0.5, 0.6) is 5.75 Å². The Morgan fingerprint density at radius 2 is 1.93 bits per heavy atom. The van der Waals surface area contributed by atoms with Gasteiger partial charge in [-0.2, -0.15) is 10.2 Å². The van der Waals surface area contributed by atoms with Crippen molar-refractivity contribution in [3.8, 4) is 5.75 Å². The number of hydrogen-bond acceptors (Lipinski definition) is 6. The number of ketones is 2. The molecule has 9 nitrogen and oxygen atoms in total. The van der Waals surface area contributed by atoms with Gasteiger partial charge in [0.2, 0.25) is 5.91 Å². The number of benzene rings is 1. The van der Waals surface area contributed by atoms with Crippen molar-refractivity contribution in [3.05, 3.63) is 41.3 Å². The van der Waals surface area contributed by atoms with E-state index in [4.69, 9.17) is 27.9 Å². The minimum absolute atomic E-state index is 0.0468. The lowest BCUT2D eigenvalue weighted by Crippen LogP contribution is -2.45. The van der Waals surface area contributed by atoms with E-state index in [0.29, 0.717) is 41.8 Å². The maximum Gasteiger partial charge on any atom is 0.245 e. The Labute approximate surface area is 242 Å². The lowest BCUT2D eigenvalue weighted by atomic mass is 9.94. The molecule has 2 aromatic heterocycles. The van der Waals surface area contributed by atoms with Gasteiger partial charge in [-0.25, -0.2) is 0 Å². The number of carbonyl (C=O) groups is 3. The summed E-state index contributed by atoms with van der Waals surface area (Å²) < 4.78 is 8.57. The maximum absolute atomic E-state index is 13.6. The lowest BCUT2D eigenvalue weighted by Gasteiger charge is -2.27. The van der Waals surface area contributed by atoms with E-state index < -0.39 is 10.4 Å². The minimum Gasteiger partial charge on any atom is -0.487 e. The largest absolute Gasteiger partial charge is 0.487 e. The van der Waals surface area contributed by atoms with Gasteiger partial charge < -0.3 is 9.64 Å². The summed E-state index contributed by atoms with van der Waals surface area (Å²) in [7, 11) is 1.88. The van der Waals surface area contributed by atoms with Gasteiger partial charge >= 0.3 is 0 Å². The molecule has 3 fully saturated rings. The van der Waals surface area contributed by atoms with Crippen molar-refractivity contribution in [1.82, 2.24) is 24.5 Å². The Hall–Kier alpha value is -2.91. The summed E-state index contributed by atoms with van der Waals surface area (Å²) in [6, 6.07) is 7.03. The van der Waals surface area contributed by atoms with Crippen molar-refractivity contribution in [2.45, 2.75) is 76.0 Å². The monoisotopic (exact) mass is 585 g/mol. The molecule has 0 radical (unpaired) electrons. The van der Waals surface area contributed by atoms with E-state index in [1.807, 2.05) is 33.0 Å². The van der Waals surface area contributed by atoms with E-state index in [1.165, 1.54) is 6.92 Å². The Kier molecular flexibility index (Phi) is 6.73. The lowest BCUT2D eigenvalue weighted by molar-refractivity contribution is -0.139. The molecule has 6 rings (SSSR count). The fraction of sp³-hybridized carbons (Fsp3) is 0.552. The summed E-state index contributed by atoms with van der Waals surface area (Å²) in [5.74, 6) is 0.858. The predicted octanol–water partition coefficient (Wildman–Crippen LogP) is 4.64. The van der Waals surface area contributed by atoms with Crippen LogP contribution >= 0.6 is 23.2 Å². The number of carbonyl (C=O) groups excluding carboxylic acids is 3. The van der Waals surface area contributed by atoms with Gasteiger partial charge in [0.05, 0.1) is 11.6 Å². The molecule has 11 heteroatoms. The molecule has 40 heavy (non-hydrogen) atoms. The first kappa shape index (κ1) is 27.3. The third-order valence-corrected chi connectivity index (χ3v) is 9.61. The Balaban J connectivity index is 1.18. The van der Waals surface area contributed by atoms with Gasteiger partial charge in [0, 0.05) is 37.5 Å². The zero-order valence-electron chi connectivity index (χ0n) is 23.1. The van der Waals surface area contributed by atoms with Gasteiger partial charge in [0.25, 0.3) is 0 Å². The fourth-order valence-electron chi connectivity index (χ4n) is 6.25. The average Bonchev–Trinajstić information content (AvgIpc) is 3.63. The van der Waals surface area contributed by atoms with Gasteiger partial charge in [0.1, 0.15) is 34.6 Å². The highest BCUT2D eigenvalue weighted by Crippen LogP contribution is 2.58. The Morgan fingerprint density at radius 3 is 2.58 bits per heavy atom. The summed E-state index contributed by atoms with van der Waals surface area (Å²) in [5, 5.41) is 9.55. The number of piperidine rings is 1. The summed E-state index contributed by atoms with van der Waals surface area (Å²) in [6.45, 7) is 5.68. The van der Waals surface area contributed by atoms with Crippen LogP contribution in [0.25, 0.3) is 10.9 Å². The summed E-state index contributed by atoms with van der Waals surface area (Å²) in [5.41, 5.74) is 2.78. The quantitative estimate of drug-likeness (QED) is 0.254. The van der Waals surface area contributed by atoms with Crippen LogP contribution in [0.3, 0.4) is 0 Å². The fourth-order valence-corrected chi connectivity index (χ4v) is 7.01. The molecule has 2 saturated carbocycles. The number of likely N-dealkylation sites (tertiary alicyclic amines) is 1. The molecule has 1 amide bonds. The third-order valence-electron chi connectivity index (χ3n) is 8.74. The molecule has 3 aliphatic rings. The number of alkyl halides is 2. The van der Waals surface area contributed by atoms with E-state index in [9.17, 15) is 14.4 Å². The van der Waals surface area contributed by atoms with Crippen LogP contribution in [-0.2, 0) is 29.8 Å². The number of aryl methyl sites for hydroxylation is 2. The van der Waals surface area contributed by atoms with Crippen LogP contribution in [0.2, 0.25) is 0 Å². The zero-order valence-corrected chi connectivity index (χ0v) is 24.6. The van der Waals surface area contributed by atoms with Crippen LogP contribution in [0.1, 0.15) is 61.4 Å². The molecule has 5 atom stereocenters. The second-order valence-corrected chi connectivity index (χ2v) is 13.3. The number of hydrogen-bond donors (Lipinski definition) is 0. The number of halogens is 2. The highest BCUT2D eigenvalue weighted by molar-refractivity contribution is 6.50. The van der Waals surface area contributed by atoms with Crippen LogP contribution < -0.4 is 4.74 Å². The number of fused-ring (bicyclic) bond motifs is 2. The average molecular weight is 587 g/mol. The van der Waals surface area contributed by atoms with E-state index in [-0.39, 0.29) is 54.2 Å². The van der Waals surface area contributed by atoms with Crippen LogP contribution in [0.15, 0.2) is 24.3 Å². The molecule has 1 aromatic carbocycles. The number of Topliss-reactive ketones (excluding diaryl/α,β-unsaturated/α-hetero) is 2. The van der Waals surface area contributed by atoms with Crippen LogP contribution in [0, 0.1) is 24.7 Å². The topological polar surface area (TPSA) is 99.3 Å². The molecular formula is C29H33Cl2N5O4. The Morgan fingerprint density at radius 1 is 1.18 bits per heavy atom. The molecule has 1 aliphatic heterocycles. The van der Waals surface area contributed by atoms with Crippen molar-refractivity contribution in [1.29, 1.82) is 0 Å². The van der Waals surface area contributed by atoms with E-state index in [0.717, 1.165) is 17.8 Å². The number of rotatable bonds is 10. The minimum atomic E-state index is -0.731. The van der Waals surface area contributed by atoms with Crippen molar-refractivity contribution < 1.29 is 19.1 Å². The van der Waals surface area contributed by atoms with Crippen molar-refractivity contribution in [3.63, 3.8) is 0 Å². The first-order valence-electron chi connectivity index (χ1n) is 13.8. The normalized spacial score (nSPS) is 25.1. The molecule has 3 aromatic rings. The zero-order chi connectivity index (χ0) is 28.5. The van der Waals surface area contributed by atoms with Gasteiger partial charge in [-0.1, -0.05) is 6.92 Å². The molecule has 1 saturated heterocycles. The molecular weight excluding hydrogens is 553 g/mol. The number of nitrogens with zero attached hydrogens (tertiary/aromatic N) is 5. The van der Waals surface area contributed by atoms with Gasteiger partial charge in [0.15, 0.2) is 11.6 Å². The third kappa shape index (κ3) is 5.02. The predicted molar refractivity (Wildman–Crippen MR) is 150 cm³/mol. The highest BCUT2D eigenvalue weighted by atomic mass is 35.5. The summed E-state index contributed by atoms with van der Waals surface area (Å²) >= 11 is 12.4. The SMILES string of the molecule is CC(=O)c1nn(CC(=O)N2[C@@H]3C[C@@H]3C[C@H]2C(=O)C[C@H](C)[C@H]2CC2(Cl)Cl)c2ccc(OCc3cc(C)n(C)n3)cc12. The van der Waals surface area contributed by atoms with Crippen molar-refractivity contribution >= 4 is 51.6 Å². The van der Waals surface area contributed by atoms with Gasteiger partial charge in [-0.3, -0.25) is 23.7 Å². The first-order chi connectivity index (χ1) is 18.9. The second-order valence-electron chi connectivity index (χ2n) is 11.8. The van der Waals surface area contributed by atoms with Crippen LogP contribution in [-0.4, -0.2) is 58.4 Å². The number of aromatic nitrogens is 4. The standard InChI is InChI=1S/C29H33Cl2N5O4/c1-15(22-12-29(22,30)31)7-26(38)25-10-18-9-24(18)36(25)27(39)13-35-23-6-5-20(11-21(23)28(33-35)17(3)37)40-14-19-8-16(2)34(4)32-19/h5-6,8,11,15,18,22,24-25H,7,9-10,12-14H2,1-4H3/t15-,18+,22+,24+,25-/m0/s1. The molecule has 0 bridgehead atoms. The van der Waals surface area contributed by atoms with E-state index in [1.54, 1.807) is 26.4 Å². The summed E-state index contributed by atoms with van der Waals surface area (Å²) in [4.78, 5) is 41.2. The maximum atomic E-state index is 13.6. The molecule has 2 aliphatic carbocycles. The van der Waals surface area contributed by atoms with Crippen molar-refractivity contribution in [2.75, 3.05) is 0 Å². The molecule has 0 N–H and O–H groups in total. The molecule has 3 heterocycles. The summed E-state index contributed by atoms with van der Waals surface area (Å²) in [6.07, 6.45) is 2.69. The number of ether oxygens (including phenoxy) is 1. The highest BCUT2D eigenvalue weighted by Gasteiger charge is 2.57. The van der Waals surface area contributed by atoms with Crippen LogP contribution in [0.4, 0.5) is 0 Å². The first-order valence-corrected chi connectivity index (χ1v) is 14.5. The van der Waals surface area contributed by atoms with Crippen molar-refractivity contribution in [2.24, 2.45) is 24.8 Å². The second kappa shape index (κ2) is 9.87. The van der Waals surface area contributed by atoms with Gasteiger partial charge in [-0.05, 0) is 68.2 Å².